The summed E-state index contributed by atoms with van der Waals surface area (Å²) in [5, 5.41) is 0. The minimum absolute atomic E-state index is 0. The first kappa shape index (κ1) is 8.21. The molecule has 0 atom stereocenters. The number of rotatable bonds is 0. The largest absolute Gasteiger partial charge is 0.245 e. The molecule has 58 valence electrons. The molecule has 0 saturated heterocycles. The number of fused-ring (bicyclic) bond motifs is 1. The van der Waals surface area contributed by atoms with Crippen molar-refractivity contribution in [3.8, 4) is 0 Å². The molecule has 0 unspecified atom stereocenters. The minimum Gasteiger partial charge on any atom is -0.245 e. The van der Waals surface area contributed by atoms with Crippen molar-refractivity contribution in [2.24, 2.45) is 0 Å². The van der Waals surface area contributed by atoms with Gasteiger partial charge in [-0.05, 0) is 24.6 Å². The molecule has 0 fully saturated rings. The van der Waals surface area contributed by atoms with Crippen LogP contribution in [0, 0.1) is 6.92 Å². The van der Waals surface area contributed by atoms with Crippen LogP contribution in [-0.2, 0) is 0 Å². The molecule has 2 rings (SSSR count). The van der Waals surface area contributed by atoms with Gasteiger partial charge in [-0.1, -0.05) is 13.5 Å². The van der Waals surface area contributed by atoms with Gasteiger partial charge >= 0.3 is 0 Å². The number of thiazole rings is 1. The fourth-order valence-electron chi connectivity index (χ4n) is 0.962. The summed E-state index contributed by atoms with van der Waals surface area (Å²) in [4.78, 5) is 4.18. The highest BCUT2D eigenvalue weighted by Crippen LogP contribution is 2.17. The summed E-state index contributed by atoms with van der Waals surface area (Å²) in [7, 11) is 0. The molecule has 0 radical (unpaired) electrons. The lowest BCUT2D eigenvalue weighted by Gasteiger charge is -1.88. The second-order valence-electron chi connectivity index (χ2n) is 2.32. The number of aromatic nitrogens is 1. The van der Waals surface area contributed by atoms with Gasteiger partial charge in [-0.25, -0.2) is 4.98 Å². The van der Waals surface area contributed by atoms with E-state index in [1.807, 2.05) is 5.51 Å². The summed E-state index contributed by atoms with van der Waals surface area (Å²) in [6, 6.07) is 6.30. The zero-order chi connectivity index (χ0) is 6.97. The molecule has 0 saturated carbocycles. The number of hydrogen-bond donors (Lipinski definition) is 0. The topological polar surface area (TPSA) is 12.9 Å². The fraction of sp³-hybridized carbons (Fsp3) is 0.222. The molecule has 2 aromatic rings. The van der Waals surface area contributed by atoms with Gasteiger partial charge in [0.05, 0.1) is 15.7 Å². The average molecular weight is 165 g/mol. The molecule has 1 heterocycles. The Morgan fingerprint density at radius 1 is 1.36 bits per heavy atom. The Kier molecular flexibility index (Phi) is 2.25. The SMILES string of the molecule is C.Cc1ccc2ncsc2c1. The van der Waals surface area contributed by atoms with E-state index in [9.17, 15) is 0 Å². The van der Waals surface area contributed by atoms with Gasteiger partial charge in [-0.2, -0.15) is 0 Å². The molecule has 0 aliphatic heterocycles. The number of benzene rings is 1. The molecular formula is C9H11NS. The maximum atomic E-state index is 4.18. The standard InChI is InChI=1S/C8H7NS.CH4/c1-6-2-3-7-8(4-6)10-5-9-7;/h2-5H,1H3;1H4. The first-order valence-corrected chi connectivity index (χ1v) is 4.04. The average Bonchev–Trinajstić information content (AvgIpc) is 2.33. The maximum absolute atomic E-state index is 4.18. The minimum atomic E-state index is 0. The van der Waals surface area contributed by atoms with E-state index in [2.05, 4.69) is 30.1 Å². The summed E-state index contributed by atoms with van der Waals surface area (Å²) in [6.45, 7) is 2.10. The summed E-state index contributed by atoms with van der Waals surface area (Å²) >= 11 is 1.69. The molecule has 0 aliphatic carbocycles. The van der Waals surface area contributed by atoms with Crippen molar-refractivity contribution in [1.29, 1.82) is 0 Å². The Labute approximate surface area is 70.7 Å². The third-order valence-electron chi connectivity index (χ3n) is 1.49. The lowest BCUT2D eigenvalue weighted by molar-refractivity contribution is 1.46. The Bertz CT molecular complexity index is 351. The Balaban J connectivity index is 0.000000605. The first-order valence-electron chi connectivity index (χ1n) is 3.16. The van der Waals surface area contributed by atoms with Crippen molar-refractivity contribution in [3.05, 3.63) is 29.3 Å². The molecule has 1 aromatic carbocycles. The highest BCUT2D eigenvalue weighted by molar-refractivity contribution is 7.16. The summed E-state index contributed by atoms with van der Waals surface area (Å²) in [6.07, 6.45) is 0. The van der Waals surface area contributed by atoms with E-state index < -0.39 is 0 Å². The van der Waals surface area contributed by atoms with Crippen molar-refractivity contribution in [2.75, 3.05) is 0 Å². The van der Waals surface area contributed by atoms with Gasteiger partial charge in [0.2, 0.25) is 0 Å². The van der Waals surface area contributed by atoms with Crippen LogP contribution in [0.4, 0.5) is 0 Å². The monoisotopic (exact) mass is 165 g/mol. The van der Waals surface area contributed by atoms with E-state index in [4.69, 9.17) is 0 Å². The molecule has 11 heavy (non-hydrogen) atoms. The van der Waals surface area contributed by atoms with Crippen molar-refractivity contribution < 1.29 is 0 Å². The van der Waals surface area contributed by atoms with Gasteiger partial charge in [-0.3, -0.25) is 0 Å². The van der Waals surface area contributed by atoms with Crippen LogP contribution in [0.2, 0.25) is 0 Å². The maximum Gasteiger partial charge on any atom is 0.0812 e. The van der Waals surface area contributed by atoms with Crippen molar-refractivity contribution >= 4 is 21.6 Å². The van der Waals surface area contributed by atoms with Crippen LogP contribution in [-0.4, -0.2) is 4.98 Å². The number of hydrogen-bond acceptors (Lipinski definition) is 2. The Morgan fingerprint density at radius 2 is 2.18 bits per heavy atom. The van der Waals surface area contributed by atoms with Crippen LogP contribution in [0.1, 0.15) is 13.0 Å². The lowest BCUT2D eigenvalue weighted by Crippen LogP contribution is -1.69. The molecule has 0 aliphatic rings. The summed E-state index contributed by atoms with van der Waals surface area (Å²) in [5.41, 5.74) is 4.29. The first-order chi connectivity index (χ1) is 4.86. The molecule has 0 spiro atoms. The second-order valence-corrected chi connectivity index (χ2v) is 3.21. The third kappa shape index (κ3) is 1.40. The van der Waals surface area contributed by atoms with Crippen LogP contribution in [0.15, 0.2) is 23.7 Å². The molecule has 1 nitrogen and oxygen atoms in total. The van der Waals surface area contributed by atoms with Crippen LogP contribution >= 0.6 is 11.3 Å². The highest BCUT2D eigenvalue weighted by atomic mass is 32.1. The molecular weight excluding hydrogens is 154 g/mol. The van der Waals surface area contributed by atoms with Gasteiger partial charge in [0, 0.05) is 0 Å². The predicted octanol–water partition coefficient (Wildman–Crippen LogP) is 3.24. The lowest BCUT2D eigenvalue weighted by atomic mass is 10.2. The van der Waals surface area contributed by atoms with Crippen LogP contribution in [0.25, 0.3) is 10.2 Å². The van der Waals surface area contributed by atoms with Gasteiger partial charge in [0.15, 0.2) is 0 Å². The van der Waals surface area contributed by atoms with Crippen LogP contribution < -0.4 is 0 Å². The Morgan fingerprint density at radius 3 is 3.00 bits per heavy atom. The summed E-state index contributed by atoms with van der Waals surface area (Å²) in [5.74, 6) is 0. The van der Waals surface area contributed by atoms with E-state index in [1.54, 1.807) is 11.3 Å². The predicted molar refractivity (Wildman–Crippen MR) is 51.1 cm³/mol. The molecule has 1 aromatic heterocycles. The zero-order valence-corrected chi connectivity index (χ0v) is 6.48. The highest BCUT2D eigenvalue weighted by Gasteiger charge is 1.93. The van der Waals surface area contributed by atoms with Crippen molar-refractivity contribution in [2.45, 2.75) is 14.4 Å². The fourth-order valence-corrected chi connectivity index (χ4v) is 1.74. The number of nitrogens with zero attached hydrogens (tertiary/aromatic N) is 1. The van der Waals surface area contributed by atoms with Crippen LogP contribution in [0.3, 0.4) is 0 Å². The third-order valence-corrected chi connectivity index (χ3v) is 2.28. The molecule has 0 amide bonds. The molecule has 0 bridgehead atoms. The van der Waals surface area contributed by atoms with Crippen LogP contribution in [0.5, 0.6) is 0 Å². The van der Waals surface area contributed by atoms with Crippen molar-refractivity contribution in [1.82, 2.24) is 4.98 Å². The second kappa shape index (κ2) is 3.01. The molecule has 2 heteroatoms. The van der Waals surface area contributed by atoms with Crippen molar-refractivity contribution in [3.63, 3.8) is 0 Å². The van der Waals surface area contributed by atoms with Gasteiger partial charge in [-0.15, -0.1) is 11.3 Å². The van der Waals surface area contributed by atoms with Gasteiger partial charge in [0.1, 0.15) is 0 Å². The summed E-state index contributed by atoms with van der Waals surface area (Å²) < 4.78 is 1.28. The zero-order valence-electron chi connectivity index (χ0n) is 5.66. The van der Waals surface area contributed by atoms with Gasteiger partial charge < -0.3 is 0 Å². The number of aryl methyl sites for hydroxylation is 1. The molecule has 0 N–H and O–H groups in total. The Hall–Kier alpha value is -0.890. The van der Waals surface area contributed by atoms with Gasteiger partial charge in [0.25, 0.3) is 0 Å². The van der Waals surface area contributed by atoms with E-state index in [0.29, 0.717) is 0 Å². The van der Waals surface area contributed by atoms with E-state index in [-0.39, 0.29) is 7.43 Å². The normalized spacial score (nSPS) is 9.55. The van der Waals surface area contributed by atoms with E-state index >= 15 is 0 Å². The van der Waals surface area contributed by atoms with E-state index in [0.717, 1.165) is 5.52 Å². The quantitative estimate of drug-likeness (QED) is 0.584. The van der Waals surface area contributed by atoms with E-state index in [1.165, 1.54) is 10.3 Å². The smallest absolute Gasteiger partial charge is 0.0812 e.